The molecule has 1 aliphatic carbocycles. The van der Waals surface area contributed by atoms with Gasteiger partial charge in [0.1, 0.15) is 0 Å². The topological polar surface area (TPSA) is 29.5 Å². The van der Waals surface area contributed by atoms with Crippen molar-refractivity contribution in [1.82, 2.24) is 4.90 Å². The number of hydrogen-bond acceptors (Lipinski definition) is 3. The number of rotatable bonds is 4. The number of esters is 1. The van der Waals surface area contributed by atoms with Crippen molar-refractivity contribution in [2.75, 3.05) is 20.2 Å². The molecular formula is C23H23BrClNO2. The minimum atomic E-state index is -0.204. The molecule has 5 heteroatoms. The molecule has 2 bridgehead atoms. The Kier molecular flexibility index (Phi) is 5.91. The molecular weight excluding hydrogens is 438 g/mol. The van der Waals surface area contributed by atoms with Gasteiger partial charge < -0.3 is 4.74 Å². The summed E-state index contributed by atoms with van der Waals surface area (Å²) in [5.74, 6) is 0.669. The predicted molar refractivity (Wildman–Crippen MR) is 115 cm³/mol. The van der Waals surface area contributed by atoms with Crippen molar-refractivity contribution in [1.29, 1.82) is 0 Å². The van der Waals surface area contributed by atoms with Crippen LogP contribution in [0.3, 0.4) is 0 Å². The van der Waals surface area contributed by atoms with E-state index in [9.17, 15) is 4.79 Å². The molecule has 0 N–H and O–H groups in total. The number of carbonyl (C=O) groups excluding carboxylic acids is 1. The number of allylic oxidation sites excluding steroid dienone is 1. The van der Waals surface area contributed by atoms with Crippen molar-refractivity contribution in [3.05, 3.63) is 80.8 Å². The van der Waals surface area contributed by atoms with Crippen LogP contribution in [0.5, 0.6) is 0 Å². The van der Waals surface area contributed by atoms with Crippen molar-refractivity contribution in [3.8, 4) is 0 Å². The Hall–Kier alpha value is -1.62. The number of ether oxygens (including phenoxy) is 1. The Morgan fingerprint density at radius 3 is 2.79 bits per heavy atom. The number of fused-ring (bicyclic) bond motifs is 2. The summed E-state index contributed by atoms with van der Waals surface area (Å²) in [4.78, 5) is 14.9. The van der Waals surface area contributed by atoms with Gasteiger partial charge in [-0.3, -0.25) is 4.90 Å². The maximum absolute atomic E-state index is 12.5. The molecule has 3 atom stereocenters. The fourth-order valence-corrected chi connectivity index (χ4v) is 5.41. The van der Waals surface area contributed by atoms with Crippen LogP contribution in [-0.2, 0) is 16.1 Å². The van der Waals surface area contributed by atoms with Crippen LogP contribution in [0.2, 0.25) is 5.02 Å². The maximum atomic E-state index is 12.5. The molecule has 0 radical (unpaired) electrons. The number of likely N-dealkylation sites (tertiary alicyclic amines) is 1. The van der Waals surface area contributed by atoms with E-state index in [-0.39, 0.29) is 17.8 Å². The largest absolute Gasteiger partial charge is 0.466 e. The van der Waals surface area contributed by atoms with Gasteiger partial charge in [-0.1, -0.05) is 63.9 Å². The molecule has 1 fully saturated rings. The summed E-state index contributed by atoms with van der Waals surface area (Å²) < 4.78 is 6.20. The fraction of sp³-hybridized carbons (Fsp3) is 0.348. The summed E-state index contributed by atoms with van der Waals surface area (Å²) in [6.45, 7) is 2.71. The highest BCUT2D eigenvalue weighted by Gasteiger charge is 2.40. The minimum Gasteiger partial charge on any atom is -0.466 e. The van der Waals surface area contributed by atoms with Crippen molar-refractivity contribution in [3.63, 3.8) is 0 Å². The third kappa shape index (κ3) is 4.05. The standard InChI is InChI=1S/C23H23BrClNO2/c1-28-23(27)21-11-20(19-7-2-3-8-22(19)24)16-10-17(21)14-26(13-16)12-15-5-4-6-18(25)9-15/h2-9,11,16-17,20H,10,12-14H2,1H3/t16-,17+,20-/m0/s1. The van der Waals surface area contributed by atoms with E-state index in [4.69, 9.17) is 16.3 Å². The second-order valence-corrected chi connectivity index (χ2v) is 8.97. The molecule has 28 heavy (non-hydrogen) atoms. The van der Waals surface area contributed by atoms with Gasteiger partial charge in [0, 0.05) is 46.5 Å². The Morgan fingerprint density at radius 2 is 2.04 bits per heavy atom. The van der Waals surface area contributed by atoms with Gasteiger partial charge in [-0.05, 0) is 41.7 Å². The molecule has 0 saturated carbocycles. The number of halogens is 2. The van der Waals surface area contributed by atoms with E-state index >= 15 is 0 Å². The third-order valence-corrected chi connectivity index (χ3v) is 6.80. The summed E-state index contributed by atoms with van der Waals surface area (Å²) in [6.07, 6.45) is 3.17. The zero-order valence-electron chi connectivity index (χ0n) is 15.8. The zero-order valence-corrected chi connectivity index (χ0v) is 18.1. The van der Waals surface area contributed by atoms with Crippen LogP contribution >= 0.6 is 27.5 Å². The molecule has 4 rings (SSSR count). The first-order chi connectivity index (χ1) is 13.5. The summed E-state index contributed by atoms with van der Waals surface area (Å²) in [5.41, 5.74) is 3.25. The van der Waals surface area contributed by atoms with Gasteiger partial charge >= 0.3 is 5.97 Å². The van der Waals surface area contributed by atoms with Crippen LogP contribution in [-0.4, -0.2) is 31.1 Å². The van der Waals surface area contributed by atoms with Crippen molar-refractivity contribution in [2.24, 2.45) is 11.8 Å². The van der Waals surface area contributed by atoms with E-state index < -0.39 is 0 Å². The number of piperidine rings is 1. The SMILES string of the molecule is COC(=O)C1=C[C@H](c2ccccc2Br)[C@H]2C[C@@H]1CN(Cc1cccc(Cl)c1)C2. The third-order valence-electron chi connectivity index (χ3n) is 5.85. The molecule has 0 spiro atoms. The lowest BCUT2D eigenvalue weighted by molar-refractivity contribution is -0.137. The van der Waals surface area contributed by atoms with Crippen LogP contribution in [0.15, 0.2) is 64.7 Å². The molecule has 146 valence electrons. The van der Waals surface area contributed by atoms with Crippen LogP contribution in [0, 0.1) is 11.8 Å². The summed E-state index contributed by atoms with van der Waals surface area (Å²) in [6, 6.07) is 16.3. The van der Waals surface area contributed by atoms with Gasteiger partial charge in [-0.25, -0.2) is 4.79 Å². The van der Waals surface area contributed by atoms with Crippen molar-refractivity contribution < 1.29 is 9.53 Å². The number of methoxy groups -OCH3 is 1. The highest BCUT2D eigenvalue weighted by atomic mass is 79.9. The fourth-order valence-electron chi connectivity index (χ4n) is 4.65. The van der Waals surface area contributed by atoms with Crippen LogP contribution in [0.1, 0.15) is 23.5 Å². The summed E-state index contributed by atoms with van der Waals surface area (Å²) >= 11 is 9.87. The molecule has 1 saturated heterocycles. The zero-order chi connectivity index (χ0) is 19.7. The Morgan fingerprint density at radius 1 is 1.21 bits per heavy atom. The Balaban J connectivity index is 1.65. The normalized spacial score (nSPS) is 24.5. The Bertz CT molecular complexity index is 913. The molecule has 2 aromatic rings. The van der Waals surface area contributed by atoms with Crippen LogP contribution in [0.25, 0.3) is 0 Å². The lowest BCUT2D eigenvalue weighted by Gasteiger charge is -2.44. The molecule has 2 aliphatic rings. The first kappa shape index (κ1) is 19.7. The van der Waals surface area contributed by atoms with Crippen LogP contribution < -0.4 is 0 Å². The van der Waals surface area contributed by atoms with E-state index in [1.165, 1.54) is 18.2 Å². The number of hydrogen-bond donors (Lipinski definition) is 0. The van der Waals surface area contributed by atoms with Gasteiger partial charge in [0.15, 0.2) is 0 Å². The minimum absolute atomic E-state index is 0.197. The number of carbonyl (C=O) groups is 1. The predicted octanol–water partition coefficient (Wildman–Crippen LogP) is 5.44. The molecule has 1 aliphatic heterocycles. The van der Waals surface area contributed by atoms with Gasteiger partial charge in [0.25, 0.3) is 0 Å². The van der Waals surface area contributed by atoms with Crippen molar-refractivity contribution >= 4 is 33.5 Å². The van der Waals surface area contributed by atoms with E-state index in [2.05, 4.69) is 51.2 Å². The average molecular weight is 461 g/mol. The van der Waals surface area contributed by atoms with Gasteiger partial charge in [0.2, 0.25) is 0 Å². The molecule has 0 unspecified atom stereocenters. The highest BCUT2D eigenvalue weighted by molar-refractivity contribution is 9.10. The molecule has 0 amide bonds. The van der Waals surface area contributed by atoms with Gasteiger partial charge in [-0.15, -0.1) is 0 Å². The van der Waals surface area contributed by atoms with Crippen LogP contribution in [0.4, 0.5) is 0 Å². The first-order valence-electron chi connectivity index (χ1n) is 9.56. The van der Waals surface area contributed by atoms with Gasteiger partial charge in [-0.2, -0.15) is 0 Å². The summed E-state index contributed by atoms with van der Waals surface area (Å²) in [5, 5.41) is 0.760. The average Bonchev–Trinajstić information content (AvgIpc) is 2.68. The van der Waals surface area contributed by atoms with Crippen molar-refractivity contribution in [2.45, 2.75) is 18.9 Å². The van der Waals surface area contributed by atoms with E-state index in [0.29, 0.717) is 5.92 Å². The molecule has 1 heterocycles. The molecule has 0 aromatic heterocycles. The quantitative estimate of drug-likeness (QED) is 0.569. The molecule has 2 aromatic carbocycles. The van der Waals surface area contributed by atoms with E-state index in [1.54, 1.807) is 0 Å². The lowest BCUT2D eigenvalue weighted by atomic mass is 9.69. The smallest absolute Gasteiger partial charge is 0.333 e. The van der Waals surface area contributed by atoms with E-state index in [1.807, 2.05) is 24.3 Å². The monoisotopic (exact) mass is 459 g/mol. The summed E-state index contributed by atoms with van der Waals surface area (Å²) in [7, 11) is 1.47. The second-order valence-electron chi connectivity index (χ2n) is 7.68. The highest BCUT2D eigenvalue weighted by Crippen LogP contribution is 2.45. The number of benzene rings is 2. The van der Waals surface area contributed by atoms with Gasteiger partial charge in [0.05, 0.1) is 7.11 Å². The molecule has 3 nitrogen and oxygen atoms in total. The first-order valence-corrected chi connectivity index (χ1v) is 10.7. The second kappa shape index (κ2) is 8.40. The van der Waals surface area contributed by atoms with E-state index in [0.717, 1.165) is 41.1 Å². The lowest BCUT2D eigenvalue weighted by Crippen LogP contribution is -2.45. The maximum Gasteiger partial charge on any atom is 0.333 e. The Labute approximate surface area is 179 Å². The number of nitrogens with zero attached hydrogens (tertiary/aromatic N) is 1.